The fourth-order valence-corrected chi connectivity index (χ4v) is 3.03. The number of ether oxygens (including phenoxy) is 2. The van der Waals surface area contributed by atoms with Crippen LogP contribution in [-0.4, -0.2) is 41.2 Å². The SMILES string of the molecule is CN(Cc1nc2ccccc2c(=O)[nH]1)C[C@H]1COc2ccccc2O1. The number of benzene rings is 2. The Morgan fingerprint density at radius 1 is 1.16 bits per heavy atom. The number of likely N-dealkylation sites (N-methyl/N-ethyl adjacent to an activating group) is 1. The molecule has 1 aromatic heterocycles. The van der Waals surface area contributed by atoms with Crippen LogP contribution < -0.4 is 15.0 Å². The zero-order valence-electron chi connectivity index (χ0n) is 13.9. The number of aromatic amines is 1. The summed E-state index contributed by atoms with van der Waals surface area (Å²) in [5, 5.41) is 0.606. The number of aromatic nitrogens is 2. The lowest BCUT2D eigenvalue weighted by atomic mass is 10.2. The van der Waals surface area contributed by atoms with Crippen molar-refractivity contribution in [3.8, 4) is 11.5 Å². The molecule has 4 rings (SSSR count). The molecule has 0 fully saturated rings. The number of rotatable bonds is 4. The van der Waals surface area contributed by atoms with E-state index in [-0.39, 0.29) is 11.7 Å². The average Bonchev–Trinajstić information content (AvgIpc) is 2.61. The van der Waals surface area contributed by atoms with Gasteiger partial charge in [-0.25, -0.2) is 4.98 Å². The van der Waals surface area contributed by atoms with Crippen LogP contribution in [-0.2, 0) is 6.54 Å². The van der Waals surface area contributed by atoms with Crippen LogP contribution in [0.4, 0.5) is 0 Å². The van der Waals surface area contributed by atoms with E-state index in [1.165, 1.54) is 0 Å². The molecule has 0 spiro atoms. The van der Waals surface area contributed by atoms with Crippen molar-refractivity contribution in [2.24, 2.45) is 0 Å². The van der Waals surface area contributed by atoms with Gasteiger partial charge in [0.1, 0.15) is 18.5 Å². The number of fused-ring (bicyclic) bond motifs is 2. The number of hydrogen-bond acceptors (Lipinski definition) is 5. The molecule has 1 atom stereocenters. The van der Waals surface area contributed by atoms with Crippen LogP contribution in [0.3, 0.4) is 0 Å². The predicted molar refractivity (Wildman–Crippen MR) is 95.1 cm³/mol. The number of nitrogens with one attached hydrogen (secondary N) is 1. The van der Waals surface area contributed by atoms with Gasteiger partial charge in [0.2, 0.25) is 0 Å². The second-order valence-corrected chi connectivity index (χ2v) is 6.22. The Labute approximate surface area is 145 Å². The fourth-order valence-electron chi connectivity index (χ4n) is 3.03. The van der Waals surface area contributed by atoms with Gasteiger partial charge in [0.15, 0.2) is 11.5 Å². The molecule has 1 aliphatic heterocycles. The molecule has 0 saturated carbocycles. The van der Waals surface area contributed by atoms with Crippen molar-refractivity contribution in [2.45, 2.75) is 12.6 Å². The summed E-state index contributed by atoms with van der Waals surface area (Å²) in [7, 11) is 1.97. The van der Waals surface area contributed by atoms with E-state index in [4.69, 9.17) is 9.47 Å². The van der Waals surface area contributed by atoms with Crippen LogP contribution >= 0.6 is 0 Å². The van der Waals surface area contributed by atoms with Gasteiger partial charge in [-0.15, -0.1) is 0 Å². The van der Waals surface area contributed by atoms with Crippen molar-refractivity contribution < 1.29 is 9.47 Å². The predicted octanol–water partition coefficient (Wildman–Crippen LogP) is 2.19. The Morgan fingerprint density at radius 3 is 2.80 bits per heavy atom. The van der Waals surface area contributed by atoms with Crippen LogP contribution in [0.25, 0.3) is 10.9 Å². The highest BCUT2D eigenvalue weighted by molar-refractivity contribution is 5.77. The van der Waals surface area contributed by atoms with Gasteiger partial charge < -0.3 is 14.5 Å². The van der Waals surface area contributed by atoms with Gasteiger partial charge in [-0.05, 0) is 31.3 Å². The molecule has 3 aromatic rings. The maximum absolute atomic E-state index is 12.1. The highest BCUT2D eigenvalue weighted by Gasteiger charge is 2.22. The second kappa shape index (κ2) is 6.57. The lowest BCUT2D eigenvalue weighted by Gasteiger charge is -2.29. The molecular formula is C19H19N3O3. The van der Waals surface area contributed by atoms with Gasteiger partial charge in [-0.2, -0.15) is 0 Å². The standard InChI is InChI=1S/C19H19N3O3/c1-22(10-13-12-24-16-8-4-5-9-17(16)25-13)11-18-20-15-7-3-2-6-14(15)19(23)21-18/h2-9,13H,10-12H2,1H3,(H,20,21,23)/t13-/m0/s1. The van der Waals surface area contributed by atoms with Gasteiger partial charge in [0.05, 0.1) is 17.4 Å². The second-order valence-electron chi connectivity index (χ2n) is 6.22. The Kier molecular flexibility index (Phi) is 4.11. The Morgan fingerprint density at radius 2 is 1.92 bits per heavy atom. The Bertz CT molecular complexity index is 954. The molecular weight excluding hydrogens is 318 g/mol. The first-order chi connectivity index (χ1) is 12.2. The van der Waals surface area contributed by atoms with Gasteiger partial charge >= 0.3 is 0 Å². The molecule has 6 nitrogen and oxygen atoms in total. The normalized spacial score (nSPS) is 16.3. The molecule has 0 unspecified atom stereocenters. The summed E-state index contributed by atoms with van der Waals surface area (Å²) in [6.45, 7) is 1.70. The van der Waals surface area contributed by atoms with Crippen LogP contribution in [0, 0.1) is 0 Å². The smallest absolute Gasteiger partial charge is 0.258 e. The highest BCUT2D eigenvalue weighted by atomic mass is 16.6. The van der Waals surface area contributed by atoms with Gasteiger partial charge in [0, 0.05) is 6.54 Å². The largest absolute Gasteiger partial charge is 0.486 e. The van der Waals surface area contributed by atoms with Crippen LogP contribution in [0.5, 0.6) is 11.5 Å². The minimum Gasteiger partial charge on any atom is -0.486 e. The quantitative estimate of drug-likeness (QED) is 0.790. The average molecular weight is 337 g/mol. The van der Waals surface area contributed by atoms with Crippen molar-refractivity contribution in [2.75, 3.05) is 20.2 Å². The number of para-hydroxylation sites is 3. The maximum atomic E-state index is 12.1. The van der Waals surface area contributed by atoms with E-state index in [1.54, 1.807) is 6.07 Å². The van der Waals surface area contributed by atoms with Gasteiger partial charge in [0.25, 0.3) is 5.56 Å². The van der Waals surface area contributed by atoms with E-state index >= 15 is 0 Å². The number of nitrogens with zero attached hydrogens (tertiary/aromatic N) is 2. The minimum atomic E-state index is -0.111. The molecule has 1 aliphatic rings. The summed E-state index contributed by atoms with van der Waals surface area (Å²) in [5.41, 5.74) is 0.598. The van der Waals surface area contributed by atoms with Crippen LogP contribution in [0.15, 0.2) is 53.3 Å². The molecule has 0 saturated heterocycles. The summed E-state index contributed by atoms with van der Waals surface area (Å²) >= 11 is 0. The molecule has 6 heteroatoms. The number of H-pyrrole nitrogens is 1. The van der Waals surface area contributed by atoms with E-state index in [2.05, 4.69) is 14.9 Å². The molecule has 2 heterocycles. The van der Waals surface area contributed by atoms with Crippen molar-refractivity contribution >= 4 is 10.9 Å². The zero-order chi connectivity index (χ0) is 17.2. The lowest BCUT2D eigenvalue weighted by Crippen LogP contribution is -2.39. The van der Waals surface area contributed by atoms with Crippen molar-refractivity contribution in [3.05, 3.63) is 64.7 Å². The van der Waals surface area contributed by atoms with E-state index in [0.717, 1.165) is 11.5 Å². The Hall–Kier alpha value is -2.86. The van der Waals surface area contributed by atoms with E-state index in [1.807, 2.05) is 49.5 Å². The molecule has 0 bridgehead atoms. The summed E-state index contributed by atoms with van der Waals surface area (Å²) in [4.78, 5) is 21.6. The lowest BCUT2D eigenvalue weighted by molar-refractivity contribution is 0.0632. The number of hydrogen-bond donors (Lipinski definition) is 1. The third-order valence-corrected chi connectivity index (χ3v) is 4.16. The molecule has 25 heavy (non-hydrogen) atoms. The monoisotopic (exact) mass is 337 g/mol. The first-order valence-electron chi connectivity index (χ1n) is 8.24. The zero-order valence-corrected chi connectivity index (χ0v) is 13.9. The molecule has 0 radical (unpaired) electrons. The summed E-state index contributed by atoms with van der Waals surface area (Å²) in [6.07, 6.45) is -0.0629. The third-order valence-electron chi connectivity index (χ3n) is 4.16. The van der Waals surface area contributed by atoms with E-state index < -0.39 is 0 Å². The maximum Gasteiger partial charge on any atom is 0.258 e. The van der Waals surface area contributed by atoms with Crippen LogP contribution in [0.1, 0.15) is 5.82 Å². The fraction of sp³-hybridized carbons (Fsp3) is 0.263. The summed E-state index contributed by atoms with van der Waals surface area (Å²) < 4.78 is 11.7. The Balaban J connectivity index is 1.44. The first-order valence-corrected chi connectivity index (χ1v) is 8.24. The highest BCUT2D eigenvalue weighted by Crippen LogP contribution is 2.30. The van der Waals surface area contributed by atoms with E-state index in [0.29, 0.717) is 36.4 Å². The summed E-state index contributed by atoms with van der Waals surface area (Å²) in [6, 6.07) is 15.0. The van der Waals surface area contributed by atoms with Crippen molar-refractivity contribution in [3.63, 3.8) is 0 Å². The van der Waals surface area contributed by atoms with E-state index in [9.17, 15) is 4.79 Å². The van der Waals surface area contributed by atoms with Crippen molar-refractivity contribution in [1.29, 1.82) is 0 Å². The molecule has 2 aromatic carbocycles. The van der Waals surface area contributed by atoms with Crippen LogP contribution in [0.2, 0.25) is 0 Å². The topological polar surface area (TPSA) is 67.5 Å². The molecule has 128 valence electrons. The molecule has 0 aliphatic carbocycles. The van der Waals surface area contributed by atoms with Crippen molar-refractivity contribution in [1.82, 2.24) is 14.9 Å². The minimum absolute atomic E-state index is 0.0629. The van der Waals surface area contributed by atoms with Gasteiger partial charge in [-0.1, -0.05) is 24.3 Å². The molecule has 0 amide bonds. The van der Waals surface area contributed by atoms with Gasteiger partial charge in [-0.3, -0.25) is 9.69 Å². The third kappa shape index (κ3) is 3.34. The summed E-state index contributed by atoms with van der Waals surface area (Å²) in [5.74, 6) is 2.19. The molecule has 1 N–H and O–H groups in total. The first kappa shape index (κ1) is 15.7.